The molecule has 1 heteroatoms. The first kappa shape index (κ1) is 13.4. The maximum absolute atomic E-state index is 10.8. The minimum atomic E-state index is -0.509. The fraction of sp³-hybridized carbons (Fsp3) is 0.368. The van der Waals surface area contributed by atoms with Gasteiger partial charge in [-0.1, -0.05) is 60.0 Å². The molecule has 1 unspecified atom stereocenters. The number of hydrogen-bond donors (Lipinski definition) is 1. The molecule has 1 aliphatic rings. The summed E-state index contributed by atoms with van der Waals surface area (Å²) in [5.41, 5.74) is 5.85. The number of benzene rings is 2. The van der Waals surface area contributed by atoms with Crippen molar-refractivity contribution in [1.29, 1.82) is 0 Å². The van der Waals surface area contributed by atoms with E-state index in [-0.39, 0.29) is 0 Å². The summed E-state index contributed by atoms with van der Waals surface area (Å²) in [5.74, 6) is 0.645. The Morgan fingerprint density at radius 1 is 1.00 bits per heavy atom. The molecular weight excluding hydrogens is 244 g/mol. The standard InChI is InChI=1S/C19H22O/c1-13-10-14(2)12-16(11-13)19(20)18-9-4-3-8-17(18)15-6-5-7-15/h3-4,8-12,15,19-20H,5-7H2,1-2H3. The summed E-state index contributed by atoms with van der Waals surface area (Å²) in [5, 5.41) is 10.8. The van der Waals surface area contributed by atoms with E-state index in [1.54, 1.807) is 0 Å². The lowest BCUT2D eigenvalue weighted by Gasteiger charge is -2.29. The quantitative estimate of drug-likeness (QED) is 0.857. The van der Waals surface area contributed by atoms with Crippen LogP contribution in [0, 0.1) is 13.8 Å². The zero-order chi connectivity index (χ0) is 14.1. The lowest BCUT2D eigenvalue weighted by atomic mass is 9.77. The van der Waals surface area contributed by atoms with E-state index in [1.165, 1.54) is 36.0 Å². The van der Waals surface area contributed by atoms with Crippen LogP contribution in [0.2, 0.25) is 0 Å². The fourth-order valence-corrected chi connectivity index (χ4v) is 3.20. The van der Waals surface area contributed by atoms with Crippen LogP contribution in [-0.2, 0) is 0 Å². The van der Waals surface area contributed by atoms with Gasteiger partial charge in [0, 0.05) is 0 Å². The van der Waals surface area contributed by atoms with Gasteiger partial charge in [0.1, 0.15) is 6.10 Å². The maximum Gasteiger partial charge on any atom is 0.104 e. The molecule has 104 valence electrons. The van der Waals surface area contributed by atoms with Gasteiger partial charge in [-0.05, 0) is 49.3 Å². The van der Waals surface area contributed by atoms with E-state index >= 15 is 0 Å². The third-order valence-electron chi connectivity index (χ3n) is 4.40. The van der Waals surface area contributed by atoms with E-state index in [0.717, 1.165) is 11.1 Å². The largest absolute Gasteiger partial charge is 0.384 e. The van der Waals surface area contributed by atoms with Gasteiger partial charge in [-0.2, -0.15) is 0 Å². The monoisotopic (exact) mass is 266 g/mol. The second-order valence-electron chi connectivity index (χ2n) is 6.08. The van der Waals surface area contributed by atoms with E-state index in [1.807, 2.05) is 6.07 Å². The van der Waals surface area contributed by atoms with E-state index in [0.29, 0.717) is 5.92 Å². The van der Waals surface area contributed by atoms with Crippen LogP contribution >= 0.6 is 0 Å². The predicted octanol–water partition coefficient (Wildman–Crippen LogP) is 4.65. The highest BCUT2D eigenvalue weighted by Gasteiger charge is 2.24. The number of aliphatic hydroxyl groups excluding tert-OH is 1. The Labute approximate surface area is 121 Å². The summed E-state index contributed by atoms with van der Waals surface area (Å²) in [6, 6.07) is 14.7. The van der Waals surface area contributed by atoms with Gasteiger partial charge in [-0.15, -0.1) is 0 Å². The molecule has 0 aromatic heterocycles. The molecule has 1 saturated carbocycles. The zero-order valence-corrected chi connectivity index (χ0v) is 12.3. The van der Waals surface area contributed by atoms with Crippen LogP contribution in [0.4, 0.5) is 0 Å². The van der Waals surface area contributed by atoms with Gasteiger partial charge in [-0.25, -0.2) is 0 Å². The number of aliphatic hydroxyl groups is 1. The predicted molar refractivity (Wildman–Crippen MR) is 83.0 cm³/mol. The maximum atomic E-state index is 10.8. The van der Waals surface area contributed by atoms with E-state index < -0.39 is 6.10 Å². The summed E-state index contributed by atoms with van der Waals surface area (Å²) < 4.78 is 0. The van der Waals surface area contributed by atoms with Crippen LogP contribution in [0.1, 0.15) is 59.1 Å². The number of rotatable bonds is 3. The first-order valence-corrected chi connectivity index (χ1v) is 7.50. The molecule has 0 spiro atoms. The summed E-state index contributed by atoms with van der Waals surface area (Å²) >= 11 is 0. The third kappa shape index (κ3) is 2.51. The fourth-order valence-electron chi connectivity index (χ4n) is 3.20. The smallest absolute Gasteiger partial charge is 0.104 e. The topological polar surface area (TPSA) is 20.2 Å². The second kappa shape index (κ2) is 5.41. The molecule has 1 fully saturated rings. The Balaban J connectivity index is 1.99. The molecular formula is C19H22O. The Morgan fingerprint density at radius 2 is 1.65 bits per heavy atom. The minimum Gasteiger partial charge on any atom is -0.384 e. The van der Waals surface area contributed by atoms with Crippen molar-refractivity contribution in [2.75, 3.05) is 0 Å². The van der Waals surface area contributed by atoms with Gasteiger partial charge >= 0.3 is 0 Å². The molecule has 3 rings (SSSR count). The molecule has 0 radical (unpaired) electrons. The minimum absolute atomic E-state index is 0.509. The van der Waals surface area contributed by atoms with Crippen molar-refractivity contribution in [2.45, 2.75) is 45.1 Å². The van der Waals surface area contributed by atoms with E-state index in [4.69, 9.17) is 0 Å². The molecule has 0 aliphatic heterocycles. The Morgan fingerprint density at radius 3 is 2.25 bits per heavy atom. The molecule has 0 heterocycles. The van der Waals surface area contributed by atoms with Crippen LogP contribution in [0.3, 0.4) is 0 Å². The van der Waals surface area contributed by atoms with Gasteiger partial charge in [-0.3, -0.25) is 0 Å². The van der Waals surface area contributed by atoms with Crippen molar-refractivity contribution >= 4 is 0 Å². The van der Waals surface area contributed by atoms with Gasteiger partial charge in [0.05, 0.1) is 0 Å². The average molecular weight is 266 g/mol. The Hall–Kier alpha value is -1.60. The molecule has 0 bridgehead atoms. The first-order valence-electron chi connectivity index (χ1n) is 7.50. The van der Waals surface area contributed by atoms with E-state index in [9.17, 15) is 5.11 Å². The van der Waals surface area contributed by atoms with Crippen LogP contribution in [0.25, 0.3) is 0 Å². The molecule has 0 amide bonds. The highest BCUT2D eigenvalue weighted by molar-refractivity contribution is 5.40. The van der Waals surface area contributed by atoms with Crippen molar-refractivity contribution in [3.05, 3.63) is 70.3 Å². The van der Waals surface area contributed by atoms with Crippen molar-refractivity contribution in [3.8, 4) is 0 Å². The molecule has 1 nitrogen and oxygen atoms in total. The molecule has 2 aromatic rings. The summed E-state index contributed by atoms with van der Waals surface area (Å²) in [7, 11) is 0. The highest BCUT2D eigenvalue weighted by Crippen LogP contribution is 2.40. The van der Waals surface area contributed by atoms with Crippen LogP contribution < -0.4 is 0 Å². The van der Waals surface area contributed by atoms with E-state index in [2.05, 4.69) is 50.2 Å². The second-order valence-corrected chi connectivity index (χ2v) is 6.08. The number of hydrogen-bond acceptors (Lipinski definition) is 1. The Kier molecular flexibility index (Phi) is 3.62. The first-order chi connectivity index (χ1) is 9.65. The highest BCUT2D eigenvalue weighted by atomic mass is 16.3. The van der Waals surface area contributed by atoms with Crippen LogP contribution in [0.15, 0.2) is 42.5 Å². The summed E-state index contributed by atoms with van der Waals surface area (Å²) in [6.07, 6.45) is 3.33. The van der Waals surface area contributed by atoms with Crippen molar-refractivity contribution in [2.24, 2.45) is 0 Å². The van der Waals surface area contributed by atoms with Crippen LogP contribution in [0.5, 0.6) is 0 Å². The molecule has 1 N–H and O–H groups in total. The van der Waals surface area contributed by atoms with Gasteiger partial charge in [0.25, 0.3) is 0 Å². The lowest BCUT2D eigenvalue weighted by Crippen LogP contribution is -2.13. The van der Waals surface area contributed by atoms with Gasteiger partial charge < -0.3 is 5.11 Å². The number of aryl methyl sites for hydroxylation is 2. The molecule has 20 heavy (non-hydrogen) atoms. The molecule has 2 aromatic carbocycles. The van der Waals surface area contributed by atoms with Gasteiger partial charge in [0.2, 0.25) is 0 Å². The van der Waals surface area contributed by atoms with Crippen molar-refractivity contribution in [1.82, 2.24) is 0 Å². The lowest BCUT2D eigenvalue weighted by molar-refractivity contribution is 0.217. The Bertz CT molecular complexity index is 591. The molecule has 1 atom stereocenters. The molecule has 0 saturated heterocycles. The zero-order valence-electron chi connectivity index (χ0n) is 12.3. The third-order valence-corrected chi connectivity index (χ3v) is 4.40. The molecule has 1 aliphatic carbocycles. The van der Waals surface area contributed by atoms with Crippen LogP contribution in [-0.4, -0.2) is 5.11 Å². The average Bonchev–Trinajstić information content (AvgIpc) is 2.35. The SMILES string of the molecule is Cc1cc(C)cc(C(O)c2ccccc2C2CCC2)c1. The van der Waals surface area contributed by atoms with Crippen molar-refractivity contribution in [3.63, 3.8) is 0 Å². The van der Waals surface area contributed by atoms with Crippen molar-refractivity contribution < 1.29 is 5.11 Å². The summed E-state index contributed by atoms with van der Waals surface area (Å²) in [4.78, 5) is 0. The summed E-state index contributed by atoms with van der Waals surface area (Å²) in [6.45, 7) is 4.17. The van der Waals surface area contributed by atoms with Gasteiger partial charge in [0.15, 0.2) is 0 Å². The normalized spacial score (nSPS) is 16.8.